The zero-order valence-corrected chi connectivity index (χ0v) is 13.0. The summed E-state index contributed by atoms with van der Waals surface area (Å²) in [5.41, 5.74) is 1.09. The molecule has 4 heteroatoms. The first-order valence-corrected chi connectivity index (χ1v) is 6.98. The minimum Gasteiger partial charge on any atom is -0.496 e. The molecule has 18 heavy (non-hydrogen) atoms. The Morgan fingerprint density at radius 3 is 2.56 bits per heavy atom. The lowest BCUT2D eigenvalue weighted by Crippen LogP contribution is -1.96. The molecule has 0 saturated heterocycles. The molecular formula is C14H12Br2O2. The molecule has 2 rings (SSSR count). The molecule has 0 aliphatic carbocycles. The Balaban J connectivity index is 2.04. The lowest BCUT2D eigenvalue weighted by molar-refractivity contribution is 0.305. The van der Waals surface area contributed by atoms with Crippen molar-refractivity contribution >= 4 is 31.9 Å². The number of methoxy groups -OCH3 is 1. The van der Waals surface area contributed by atoms with Crippen LogP contribution in [0.3, 0.4) is 0 Å². The second kappa shape index (κ2) is 6.25. The van der Waals surface area contributed by atoms with Gasteiger partial charge in [-0.3, -0.25) is 0 Å². The van der Waals surface area contributed by atoms with E-state index in [1.54, 1.807) is 7.11 Å². The highest BCUT2D eigenvalue weighted by molar-refractivity contribution is 9.10. The van der Waals surface area contributed by atoms with Crippen molar-refractivity contribution in [3.8, 4) is 11.5 Å². The molecule has 0 bridgehead atoms. The van der Waals surface area contributed by atoms with Crippen molar-refractivity contribution in [2.75, 3.05) is 7.11 Å². The van der Waals surface area contributed by atoms with Gasteiger partial charge in [-0.1, -0.05) is 28.1 Å². The van der Waals surface area contributed by atoms with E-state index < -0.39 is 0 Å². The molecule has 0 saturated carbocycles. The van der Waals surface area contributed by atoms with Crippen molar-refractivity contribution in [1.82, 2.24) is 0 Å². The van der Waals surface area contributed by atoms with Gasteiger partial charge in [0.25, 0.3) is 0 Å². The van der Waals surface area contributed by atoms with Crippen molar-refractivity contribution in [1.29, 1.82) is 0 Å². The van der Waals surface area contributed by atoms with Crippen LogP contribution in [-0.2, 0) is 6.61 Å². The Morgan fingerprint density at radius 2 is 1.89 bits per heavy atom. The smallest absolute Gasteiger partial charge is 0.133 e. The number of hydrogen-bond donors (Lipinski definition) is 0. The predicted molar refractivity (Wildman–Crippen MR) is 79.2 cm³/mol. The van der Waals surface area contributed by atoms with Crippen LogP contribution in [0.25, 0.3) is 0 Å². The van der Waals surface area contributed by atoms with Crippen molar-refractivity contribution in [3.05, 3.63) is 57.0 Å². The quantitative estimate of drug-likeness (QED) is 0.768. The molecule has 0 spiro atoms. The molecule has 0 aliphatic heterocycles. The van der Waals surface area contributed by atoms with Crippen molar-refractivity contribution in [3.63, 3.8) is 0 Å². The highest BCUT2D eigenvalue weighted by atomic mass is 79.9. The van der Waals surface area contributed by atoms with E-state index in [2.05, 4.69) is 31.9 Å². The van der Waals surface area contributed by atoms with Crippen LogP contribution >= 0.6 is 31.9 Å². The summed E-state index contributed by atoms with van der Waals surface area (Å²) in [6, 6.07) is 13.7. The average Bonchev–Trinajstić information content (AvgIpc) is 2.37. The number of ether oxygens (including phenoxy) is 2. The van der Waals surface area contributed by atoms with Crippen LogP contribution < -0.4 is 9.47 Å². The van der Waals surface area contributed by atoms with E-state index in [-0.39, 0.29) is 0 Å². The molecule has 2 aromatic carbocycles. The summed E-state index contributed by atoms with van der Waals surface area (Å²) in [5.74, 6) is 1.66. The standard InChI is InChI=1S/C14H12Br2O2/c1-17-14-6-5-10(7-13(14)16)9-18-12-4-2-3-11(15)8-12/h2-8H,9H2,1H3. The van der Waals surface area contributed by atoms with E-state index in [4.69, 9.17) is 9.47 Å². The van der Waals surface area contributed by atoms with Gasteiger partial charge < -0.3 is 9.47 Å². The monoisotopic (exact) mass is 370 g/mol. The first-order valence-electron chi connectivity index (χ1n) is 5.40. The third-order valence-corrected chi connectivity index (χ3v) is 3.53. The molecular weight excluding hydrogens is 360 g/mol. The van der Waals surface area contributed by atoms with Gasteiger partial charge >= 0.3 is 0 Å². The van der Waals surface area contributed by atoms with Gasteiger partial charge in [0, 0.05) is 4.47 Å². The zero-order chi connectivity index (χ0) is 13.0. The molecule has 0 N–H and O–H groups in total. The normalized spacial score (nSPS) is 10.2. The van der Waals surface area contributed by atoms with Crippen molar-refractivity contribution in [2.24, 2.45) is 0 Å². The number of hydrogen-bond acceptors (Lipinski definition) is 2. The van der Waals surface area contributed by atoms with Gasteiger partial charge in [0.15, 0.2) is 0 Å². The van der Waals surface area contributed by atoms with Crippen LogP contribution in [-0.4, -0.2) is 7.11 Å². The van der Waals surface area contributed by atoms with E-state index in [9.17, 15) is 0 Å². The second-order valence-corrected chi connectivity index (χ2v) is 5.48. The van der Waals surface area contributed by atoms with Crippen molar-refractivity contribution < 1.29 is 9.47 Å². The number of benzene rings is 2. The molecule has 0 aromatic heterocycles. The molecule has 0 fully saturated rings. The highest BCUT2D eigenvalue weighted by Gasteiger charge is 2.02. The summed E-state index contributed by atoms with van der Waals surface area (Å²) in [5, 5.41) is 0. The molecule has 0 radical (unpaired) electrons. The number of rotatable bonds is 4. The van der Waals surface area contributed by atoms with E-state index in [0.717, 1.165) is 26.0 Å². The van der Waals surface area contributed by atoms with Crippen LogP contribution in [0, 0.1) is 0 Å². The topological polar surface area (TPSA) is 18.5 Å². The maximum atomic E-state index is 5.71. The lowest BCUT2D eigenvalue weighted by Gasteiger charge is -2.08. The van der Waals surface area contributed by atoms with Crippen LogP contribution in [0.15, 0.2) is 51.4 Å². The molecule has 94 valence electrons. The van der Waals surface area contributed by atoms with E-state index >= 15 is 0 Å². The van der Waals surface area contributed by atoms with E-state index in [1.807, 2.05) is 42.5 Å². The van der Waals surface area contributed by atoms with Gasteiger partial charge in [0.1, 0.15) is 18.1 Å². The summed E-state index contributed by atoms with van der Waals surface area (Å²) in [6.07, 6.45) is 0. The average molecular weight is 372 g/mol. The van der Waals surface area contributed by atoms with Crippen molar-refractivity contribution in [2.45, 2.75) is 6.61 Å². The summed E-state index contributed by atoms with van der Waals surface area (Å²) in [4.78, 5) is 0. The Hall–Kier alpha value is -1.000. The highest BCUT2D eigenvalue weighted by Crippen LogP contribution is 2.26. The minimum atomic E-state index is 0.527. The van der Waals surface area contributed by atoms with Crippen LogP contribution in [0.1, 0.15) is 5.56 Å². The Morgan fingerprint density at radius 1 is 1.06 bits per heavy atom. The Bertz CT molecular complexity index is 541. The minimum absolute atomic E-state index is 0.527. The summed E-state index contributed by atoms with van der Waals surface area (Å²) in [7, 11) is 1.65. The molecule has 2 nitrogen and oxygen atoms in total. The lowest BCUT2D eigenvalue weighted by atomic mass is 10.2. The van der Waals surface area contributed by atoms with Crippen LogP contribution in [0.2, 0.25) is 0 Å². The Kier molecular flexibility index (Phi) is 4.66. The largest absolute Gasteiger partial charge is 0.496 e. The maximum absolute atomic E-state index is 5.71. The van der Waals surface area contributed by atoms with Crippen LogP contribution in [0.5, 0.6) is 11.5 Å². The molecule has 0 heterocycles. The van der Waals surface area contributed by atoms with Gasteiger partial charge in [-0.2, -0.15) is 0 Å². The summed E-state index contributed by atoms with van der Waals surface area (Å²) < 4.78 is 12.8. The number of halogens is 2. The molecule has 0 atom stereocenters. The fourth-order valence-electron chi connectivity index (χ4n) is 1.52. The maximum Gasteiger partial charge on any atom is 0.133 e. The van der Waals surface area contributed by atoms with Gasteiger partial charge in [-0.15, -0.1) is 0 Å². The Labute approximate surface area is 123 Å². The summed E-state index contributed by atoms with van der Waals surface area (Å²) >= 11 is 6.87. The van der Waals surface area contributed by atoms with Gasteiger partial charge in [-0.05, 0) is 51.8 Å². The van der Waals surface area contributed by atoms with E-state index in [0.29, 0.717) is 6.61 Å². The predicted octanol–water partition coefficient (Wildman–Crippen LogP) is 4.80. The molecule has 0 unspecified atom stereocenters. The van der Waals surface area contributed by atoms with Crippen LogP contribution in [0.4, 0.5) is 0 Å². The first-order chi connectivity index (χ1) is 8.69. The zero-order valence-electron chi connectivity index (χ0n) is 9.82. The van der Waals surface area contributed by atoms with E-state index in [1.165, 1.54) is 0 Å². The fourth-order valence-corrected chi connectivity index (χ4v) is 2.49. The van der Waals surface area contributed by atoms with Gasteiger partial charge in [0.05, 0.1) is 11.6 Å². The molecule has 0 amide bonds. The second-order valence-electron chi connectivity index (χ2n) is 3.71. The first kappa shape index (κ1) is 13.4. The molecule has 2 aromatic rings. The fraction of sp³-hybridized carbons (Fsp3) is 0.143. The summed E-state index contributed by atoms with van der Waals surface area (Å²) in [6.45, 7) is 0.527. The third-order valence-electron chi connectivity index (χ3n) is 2.42. The third kappa shape index (κ3) is 3.50. The molecule has 0 aliphatic rings. The van der Waals surface area contributed by atoms with Gasteiger partial charge in [0.2, 0.25) is 0 Å². The SMILES string of the molecule is COc1ccc(COc2cccc(Br)c2)cc1Br. The van der Waals surface area contributed by atoms with Gasteiger partial charge in [-0.25, -0.2) is 0 Å².